The Morgan fingerprint density at radius 3 is 2.38 bits per heavy atom. The minimum absolute atomic E-state index is 0.227. The molecule has 0 aliphatic rings. The van der Waals surface area contributed by atoms with Crippen LogP contribution >= 0.6 is 0 Å². The van der Waals surface area contributed by atoms with Gasteiger partial charge in [-0.3, -0.25) is 9.59 Å². The molecule has 0 bridgehead atoms. The molecule has 0 heterocycles. The first-order valence-corrected chi connectivity index (χ1v) is 6.58. The largest absolute Gasteiger partial charge is 0.469 e. The number of carbonyl (C=O) groups excluding carboxylic acids is 2. The van der Waals surface area contributed by atoms with Crippen LogP contribution in [0.3, 0.4) is 0 Å². The third-order valence-electron chi connectivity index (χ3n) is 2.71. The molecular weight excluding hydrogens is 272 g/mol. The third-order valence-corrected chi connectivity index (χ3v) is 2.71. The Bertz CT molecular complexity index is 424. The molecule has 0 aliphatic carbocycles. The van der Waals surface area contributed by atoms with Crippen LogP contribution < -0.4 is 0 Å². The number of ether oxygens (including phenoxy) is 3. The summed E-state index contributed by atoms with van der Waals surface area (Å²) in [6, 6.07) is 0. The van der Waals surface area contributed by atoms with Crippen LogP contribution in [0.2, 0.25) is 0 Å². The molecule has 0 radical (unpaired) electrons. The number of esters is 1. The van der Waals surface area contributed by atoms with Gasteiger partial charge in [0.25, 0.3) is 0 Å². The normalized spacial score (nSPS) is 11.7. The predicted octanol–water partition coefficient (Wildman–Crippen LogP) is 2.02. The van der Waals surface area contributed by atoms with E-state index in [1.807, 2.05) is 12.2 Å². The Labute approximate surface area is 125 Å². The predicted molar refractivity (Wildman–Crippen MR) is 79.4 cm³/mol. The maximum absolute atomic E-state index is 11.6. The summed E-state index contributed by atoms with van der Waals surface area (Å²) in [4.78, 5) is 22.5. The molecule has 0 aromatic heterocycles. The first-order valence-electron chi connectivity index (χ1n) is 6.58. The van der Waals surface area contributed by atoms with Crippen molar-refractivity contribution in [2.24, 2.45) is 0 Å². The van der Waals surface area contributed by atoms with E-state index in [1.165, 1.54) is 21.3 Å². The Hall–Kier alpha value is -1.90. The van der Waals surface area contributed by atoms with E-state index >= 15 is 0 Å². The van der Waals surface area contributed by atoms with Crippen molar-refractivity contribution in [1.29, 1.82) is 0 Å². The second-order valence-electron chi connectivity index (χ2n) is 4.15. The standard InChI is InChI=1S/C16H22O5/c1-5-14(17)13(12-16(20-3)21-4)10-8-6-7-9-11-15(18)19-2/h1,6,8,12,16H,7,9-11H2,2-4H3/b8-6-,13-12+. The maximum atomic E-state index is 11.6. The van der Waals surface area contributed by atoms with E-state index in [0.717, 1.165) is 6.42 Å². The number of ketones is 1. The number of allylic oxidation sites excluding steroid dienone is 3. The molecule has 0 fully saturated rings. The highest BCUT2D eigenvalue weighted by atomic mass is 16.7. The van der Waals surface area contributed by atoms with Gasteiger partial charge in [-0.2, -0.15) is 0 Å². The van der Waals surface area contributed by atoms with Crippen LogP contribution in [0.5, 0.6) is 0 Å². The monoisotopic (exact) mass is 294 g/mol. The van der Waals surface area contributed by atoms with Crippen molar-refractivity contribution in [3.05, 3.63) is 23.8 Å². The van der Waals surface area contributed by atoms with Crippen molar-refractivity contribution in [1.82, 2.24) is 0 Å². The second-order valence-corrected chi connectivity index (χ2v) is 4.15. The lowest BCUT2D eigenvalue weighted by Gasteiger charge is -2.09. The van der Waals surface area contributed by atoms with Crippen molar-refractivity contribution in [2.75, 3.05) is 21.3 Å². The summed E-state index contributed by atoms with van der Waals surface area (Å²) in [7, 11) is 4.32. The Kier molecular flexibility index (Phi) is 10.8. The number of rotatable bonds is 10. The zero-order chi connectivity index (χ0) is 16.1. The van der Waals surface area contributed by atoms with Crippen LogP contribution in [0.1, 0.15) is 25.7 Å². The number of hydrogen-bond acceptors (Lipinski definition) is 5. The molecule has 0 spiro atoms. The fraction of sp³-hybridized carbons (Fsp3) is 0.500. The van der Waals surface area contributed by atoms with Gasteiger partial charge in [0.2, 0.25) is 5.78 Å². The van der Waals surface area contributed by atoms with Gasteiger partial charge in [0.15, 0.2) is 6.29 Å². The van der Waals surface area contributed by atoms with E-state index < -0.39 is 12.1 Å². The number of terminal acetylenes is 1. The van der Waals surface area contributed by atoms with Gasteiger partial charge in [-0.25, -0.2) is 0 Å². The molecule has 0 rings (SSSR count). The van der Waals surface area contributed by atoms with Crippen LogP contribution in [0.4, 0.5) is 0 Å². The Balaban J connectivity index is 4.41. The van der Waals surface area contributed by atoms with Crippen molar-refractivity contribution < 1.29 is 23.8 Å². The SMILES string of the molecule is C#CC(=O)/C(=C/C(OC)OC)C/C=C\CCCC(=O)OC. The van der Waals surface area contributed by atoms with E-state index in [0.29, 0.717) is 24.8 Å². The fourth-order valence-corrected chi connectivity index (χ4v) is 1.52. The minimum Gasteiger partial charge on any atom is -0.469 e. The average molecular weight is 294 g/mol. The van der Waals surface area contributed by atoms with Gasteiger partial charge in [-0.15, -0.1) is 6.42 Å². The summed E-state index contributed by atoms with van der Waals surface area (Å²) in [5.41, 5.74) is 0.440. The molecule has 0 aromatic carbocycles. The van der Waals surface area contributed by atoms with Gasteiger partial charge < -0.3 is 14.2 Å². The van der Waals surface area contributed by atoms with Crippen molar-refractivity contribution >= 4 is 11.8 Å². The molecule has 0 saturated heterocycles. The summed E-state index contributed by atoms with van der Waals surface area (Å²) in [5, 5.41) is 0. The highest BCUT2D eigenvalue weighted by Gasteiger charge is 2.09. The van der Waals surface area contributed by atoms with Gasteiger partial charge >= 0.3 is 5.97 Å². The van der Waals surface area contributed by atoms with E-state index in [1.54, 1.807) is 6.08 Å². The molecule has 5 nitrogen and oxygen atoms in total. The smallest absolute Gasteiger partial charge is 0.305 e. The zero-order valence-corrected chi connectivity index (χ0v) is 12.8. The summed E-state index contributed by atoms with van der Waals surface area (Å²) in [5.74, 6) is 1.46. The average Bonchev–Trinajstić information content (AvgIpc) is 2.52. The first kappa shape index (κ1) is 19.1. The fourth-order valence-electron chi connectivity index (χ4n) is 1.52. The lowest BCUT2D eigenvalue weighted by atomic mass is 10.1. The molecular formula is C16H22O5. The summed E-state index contributed by atoms with van der Waals surface area (Å²) >= 11 is 0. The van der Waals surface area contributed by atoms with E-state index in [-0.39, 0.29) is 5.97 Å². The number of Topliss-reactive ketones (excluding diaryl/α,β-unsaturated/α-hetero) is 1. The van der Waals surface area contributed by atoms with Gasteiger partial charge in [0.05, 0.1) is 7.11 Å². The van der Waals surface area contributed by atoms with E-state index in [4.69, 9.17) is 15.9 Å². The molecule has 0 aromatic rings. The van der Waals surface area contributed by atoms with Gasteiger partial charge in [-0.1, -0.05) is 12.2 Å². The second kappa shape index (κ2) is 11.9. The number of carbonyl (C=O) groups is 2. The summed E-state index contributed by atoms with van der Waals surface area (Å²) in [6.07, 6.45) is 12.0. The Morgan fingerprint density at radius 2 is 1.86 bits per heavy atom. The van der Waals surface area contributed by atoms with Gasteiger partial charge in [0.1, 0.15) is 0 Å². The quantitative estimate of drug-likeness (QED) is 0.117. The molecule has 0 amide bonds. The van der Waals surface area contributed by atoms with Crippen LogP contribution in [0.15, 0.2) is 23.8 Å². The van der Waals surface area contributed by atoms with E-state index in [2.05, 4.69) is 10.7 Å². The molecule has 116 valence electrons. The van der Waals surface area contributed by atoms with Crippen molar-refractivity contribution in [2.45, 2.75) is 32.0 Å². The van der Waals surface area contributed by atoms with Crippen LogP contribution in [-0.4, -0.2) is 39.4 Å². The highest BCUT2D eigenvalue weighted by molar-refractivity contribution is 6.08. The topological polar surface area (TPSA) is 61.8 Å². The van der Waals surface area contributed by atoms with Crippen LogP contribution in [0.25, 0.3) is 0 Å². The lowest BCUT2D eigenvalue weighted by Crippen LogP contribution is -2.12. The summed E-state index contributed by atoms with van der Waals surface area (Å²) < 4.78 is 14.6. The van der Waals surface area contributed by atoms with Gasteiger partial charge in [0, 0.05) is 26.2 Å². The third kappa shape index (κ3) is 8.79. The maximum Gasteiger partial charge on any atom is 0.305 e. The van der Waals surface area contributed by atoms with Gasteiger partial charge in [-0.05, 0) is 31.3 Å². The molecule has 0 atom stereocenters. The van der Waals surface area contributed by atoms with Crippen molar-refractivity contribution in [3.8, 4) is 12.3 Å². The van der Waals surface area contributed by atoms with Crippen molar-refractivity contribution in [3.63, 3.8) is 0 Å². The molecule has 0 saturated carbocycles. The number of hydrogen-bond donors (Lipinski definition) is 0. The van der Waals surface area contributed by atoms with E-state index in [9.17, 15) is 9.59 Å². The minimum atomic E-state index is -0.606. The number of methoxy groups -OCH3 is 3. The highest BCUT2D eigenvalue weighted by Crippen LogP contribution is 2.09. The molecule has 0 N–H and O–H groups in total. The molecule has 5 heteroatoms. The first-order chi connectivity index (χ1) is 10.1. The lowest BCUT2D eigenvalue weighted by molar-refractivity contribution is -0.140. The Morgan fingerprint density at radius 1 is 1.19 bits per heavy atom. The summed E-state index contributed by atoms with van der Waals surface area (Å²) in [6.45, 7) is 0. The molecule has 0 aliphatic heterocycles. The number of unbranched alkanes of at least 4 members (excludes halogenated alkanes) is 1. The molecule has 21 heavy (non-hydrogen) atoms. The zero-order valence-electron chi connectivity index (χ0n) is 12.8. The molecule has 0 unspecified atom stereocenters. The van der Waals surface area contributed by atoms with Crippen LogP contribution in [0, 0.1) is 12.3 Å². The van der Waals surface area contributed by atoms with Crippen LogP contribution in [-0.2, 0) is 23.8 Å².